The van der Waals surface area contributed by atoms with E-state index >= 15 is 0 Å². The number of rotatable bonds is 7. The van der Waals surface area contributed by atoms with Crippen molar-refractivity contribution in [2.45, 2.75) is 38.8 Å². The number of hydrogen-bond donors (Lipinski definition) is 1. The molecule has 108 valence electrons. The molecule has 0 aromatic heterocycles. The lowest BCUT2D eigenvalue weighted by molar-refractivity contribution is 0.438. The molecular weight excluding hydrogens is 301 g/mol. The molecule has 1 rings (SSSR count). The number of hydrogen-bond acceptors (Lipinski definition) is 2. The average molecular weight is 322 g/mol. The first-order valence-electron chi connectivity index (χ1n) is 6.45. The van der Waals surface area contributed by atoms with E-state index in [0.717, 1.165) is 24.2 Å². The van der Waals surface area contributed by atoms with Gasteiger partial charge in [0.2, 0.25) is 0 Å². The van der Waals surface area contributed by atoms with Gasteiger partial charge in [0, 0.05) is 34.9 Å². The topological polar surface area (TPSA) is 29.1 Å². The summed E-state index contributed by atoms with van der Waals surface area (Å²) in [7, 11) is -0.733. The molecule has 0 radical (unpaired) electrons. The van der Waals surface area contributed by atoms with E-state index in [1.807, 2.05) is 18.2 Å². The summed E-state index contributed by atoms with van der Waals surface area (Å²) in [5.41, 5.74) is 1.14. The third kappa shape index (κ3) is 5.82. The molecule has 0 fully saturated rings. The van der Waals surface area contributed by atoms with Gasteiger partial charge in [-0.3, -0.25) is 4.21 Å². The van der Waals surface area contributed by atoms with Crippen molar-refractivity contribution in [3.63, 3.8) is 0 Å². The van der Waals surface area contributed by atoms with E-state index in [1.165, 1.54) is 0 Å². The van der Waals surface area contributed by atoms with Gasteiger partial charge in [-0.1, -0.05) is 36.2 Å². The Kier molecular flexibility index (Phi) is 7.37. The minimum absolute atomic E-state index is 0.245. The van der Waals surface area contributed by atoms with E-state index in [1.54, 1.807) is 6.26 Å². The highest BCUT2D eigenvalue weighted by molar-refractivity contribution is 7.84. The standard InChI is InChI=1S/C14H21Cl2NOS/c1-4-14(17-10(2)7-8-19(3)18)11-5-6-12(15)13(16)9-11/h5-6,9-10,14,17H,4,7-8H2,1-3H3. The molecule has 2 nitrogen and oxygen atoms in total. The molecule has 0 heterocycles. The van der Waals surface area contributed by atoms with Gasteiger partial charge in [0.15, 0.2) is 0 Å². The first-order chi connectivity index (χ1) is 8.93. The third-order valence-electron chi connectivity index (χ3n) is 3.08. The molecule has 1 aromatic rings. The van der Waals surface area contributed by atoms with Gasteiger partial charge in [-0.05, 0) is 37.5 Å². The van der Waals surface area contributed by atoms with Crippen molar-refractivity contribution in [3.8, 4) is 0 Å². The summed E-state index contributed by atoms with van der Waals surface area (Å²) in [6.07, 6.45) is 3.61. The van der Waals surface area contributed by atoms with Crippen molar-refractivity contribution in [2.24, 2.45) is 0 Å². The fourth-order valence-electron chi connectivity index (χ4n) is 1.95. The molecule has 1 N–H and O–H groups in total. The maximum atomic E-state index is 11.1. The minimum atomic E-state index is -0.733. The second-order valence-corrected chi connectivity index (χ2v) is 7.14. The Morgan fingerprint density at radius 3 is 2.53 bits per heavy atom. The van der Waals surface area contributed by atoms with Gasteiger partial charge in [-0.25, -0.2) is 0 Å². The monoisotopic (exact) mass is 321 g/mol. The maximum Gasteiger partial charge on any atom is 0.0595 e. The summed E-state index contributed by atoms with van der Waals surface area (Å²) < 4.78 is 11.1. The zero-order chi connectivity index (χ0) is 14.4. The van der Waals surface area contributed by atoms with Crippen LogP contribution < -0.4 is 5.32 Å². The molecule has 0 aliphatic carbocycles. The van der Waals surface area contributed by atoms with Crippen LogP contribution in [0, 0.1) is 0 Å². The van der Waals surface area contributed by atoms with Crippen molar-refractivity contribution < 1.29 is 4.21 Å². The van der Waals surface area contributed by atoms with Crippen LogP contribution in [0.4, 0.5) is 0 Å². The van der Waals surface area contributed by atoms with Gasteiger partial charge < -0.3 is 5.32 Å². The van der Waals surface area contributed by atoms with Crippen LogP contribution in [-0.4, -0.2) is 22.3 Å². The van der Waals surface area contributed by atoms with E-state index in [2.05, 4.69) is 19.2 Å². The number of benzene rings is 1. The fraction of sp³-hybridized carbons (Fsp3) is 0.571. The SMILES string of the molecule is CCC(NC(C)CCS(C)=O)c1ccc(Cl)c(Cl)c1. The molecule has 0 saturated heterocycles. The largest absolute Gasteiger partial charge is 0.307 e. The normalized spacial score (nSPS) is 16.1. The van der Waals surface area contributed by atoms with Gasteiger partial charge in [-0.2, -0.15) is 0 Å². The highest BCUT2D eigenvalue weighted by atomic mass is 35.5. The Morgan fingerprint density at radius 2 is 2.00 bits per heavy atom. The molecule has 1 aromatic carbocycles. The lowest BCUT2D eigenvalue weighted by Crippen LogP contribution is -2.31. The van der Waals surface area contributed by atoms with Gasteiger partial charge in [0.25, 0.3) is 0 Å². The molecule has 0 bridgehead atoms. The molecule has 19 heavy (non-hydrogen) atoms. The van der Waals surface area contributed by atoms with Gasteiger partial charge in [0.05, 0.1) is 10.0 Å². The van der Waals surface area contributed by atoms with E-state index < -0.39 is 10.8 Å². The first kappa shape index (κ1) is 17.0. The quantitative estimate of drug-likeness (QED) is 0.815. The maximum absolute atomic E-state index is 11.1. The lowest BCUT2D eigenvalue weighted by Gasteiger charge is -2.23. The lowest BCUT2D eigenvalue weighted by atomic mass is 10.0. The van der Waals surface area contributed by atoms with Crippen molar-refractivity contribution in [2.75, 3.05) is 12.0 Å². The highest BCUT2D eigenvalue weighted by Crippen LogP contribution is 2.27. The fourth-order valence-corrected chi connectivity index (χ4v) is 2.94. The zero-order valence-corrected chi connectivity index (χ0v) is 13.9. The summed E-state index contributed by atoms with van der Waals surface area (Å²) in [4.78, 5) is 0. The molecular formula is C14H21Cl2NOS. The van der Waals surface area contributed by atoms with Crippen LogP contribution in [0.25, 0.3) is 0 Å². The van der Waals surface area contributed by atoms with Crippen molar-refractivity contribution in [1.29, 1.82) is 0 Å². The Morgan fingerprint density at radius 1 is 1.32 bits per heavy atom. The van der Waals surface area contributed by atoms with Crippen LogP contribution >= 0.6 is 23.2 Å². The smallest absolute Gasteiger partial charge is 0.0595 e. The number of halogens is 2. The zero-order valence-electron chi connectivity index (χ0n) is 11.6. The second-order valence-electron chi connectivity index (χ2n) is 4.77. The van der Waals surface area contributed by atoms with Crippen LogP contribution in [0.5, 0.6) is 0 Å². The van der Waals surface area contributed by atoms with Crippen LogP contribution in [0.3, 0.4) is 0 Å². The highest BCUT2D eigenvalue weighted by Gasteiger charge is 2.14. The Bertz CT molecular complexity index is 439. The summed E-state index contributed by atoms with van der Waals surface area (Å²) in [6.45, 7) is 4.25. The number of nitrogens with one attached hydrogen (secondary N) is 1. The average Bonchev–Trinajstić information content (AvgIpc) is 2.37. The van der Waals surface area contributed by atoms with Gasteiger partial charge in [-0.15, -0.1) is 0 Å². The predicted molar refractivity (Wildman–Crippen MR) is 85.6 cm³/mol. The minimum Gasteiger partial charge on any atom is -0.307 e. The van der Waals surface area contributed by atoms with Crippen molar-refractivity contribution >= 4 is 34.0 Å². The molecule has 5 heteroatoms. The van der Waals surface area contributed by atoms with Crippen LogP contribution in [0.1, 0.15) is 38.3 Å². The van der Waals surface area contributed by atoms with E-state index in [-0.39, 0.29) is 6.04 Å². The molecule has 0 saturated carbocycles. The Balaban J connectivity index is 2.66. The molecule has 0 aliphatic rings. The van der Waals surface area contributed by atoms with Crippen LogP contribution in [0.15, 0.2) is 18.2 Å². The summed E-state index contributed by atoms with van der Waals surface area (Å²) in [6, 6.07) is 6.31. The Hall–Kier alpha value is -0.0900. The van der Waals surface area contributed by atoms with Crippen LogP contribution in [0.2, 0.25) is 10.0 Å². The molecule has 3 atom stereocenters. The van der Waals surface area contributed by atoms with Crippen molar-refractivity contribution in [1.82, 2.24) is 5.32 Å². The Labute approximate surface area is 128 Å². The summed E-state index contributed by atoms with van der Waals surface area (Å²) in [5.74, 6) is 0.728. The molecule has 0 spiro atoms. The first-order valence-corrected chi connectivity index (χ1v) is 8.93. The summed E-state index contributed by atoms with van der Waals surface area (Å²) >= 11 is 12.0. The summed E-state index contributed by atoms with van der Waals surface area (Å²) in [5, 5.41) is 4.71. The van der Waals surface area contributed by atoms with Gasteiger partial charge >= 0.3 is 0 Å². The third-order valence-corrected chi connectivity index (χ3v) is 4.63. The molecule has 0 aliphatic heterocycles. The van der Waals surface area contributed by atoms with E-state index in [4.69, 9.17) is 23.2 Å². The molecule has 3 unspecified atom stereocenters. The van der Waals surface area contributed by atoms with Gasteiger partial charge in [0.1, 0.15) is 0 Å². The molecule has 0 amide bonds. The van der Waals surface area contributed by atoms with Crippen molar-refractivity contribution in [3.05, 3.63) is 33.8 Å². The van der Waals surface area contributed by atoms with E-state index in [0.29, 0.717) is 16.1 Å². The predicted octanol–water partition coefficient (Wildman–Crippen LogP) is 4.19. The second kappa shape index (κ2) is 8.25. The van der Waals surface area contributed by atoms with Crippen LogP contribution in [-0.2, 0) is 10.8 Å². The van der Waals surface area contributed by atoms with E-state index in [9.17, 15) is 4.21 Å².